The van der Waals surface area contributed by atoms with E-state index in [0.717, 1.165) is 41.3 Å². The lowest BCUT2D eigenvalue weighted by molar-refractivity contribution is 0.0968. The number of nitrogens with one attached hydrogen (secondary N) is 1. The lowest BCUT2D eigenvalue weighted by atomic mass is 10.00. The third-order valence-electron chi connectivity index (χ3n) is 7.04. The average molecular weight is 523 g/mol. The second kappa shape index (κ2) is 10.2. The van der Waals surface area contributed by atoms with E-state index < -0.39 is 11.7 Å². The van der Waals surface area contributed by atoms with Crippen LogP contribution in [0.4, 0.5) is 16.0 Å². The Morgan fingerprint density at radius 3 is 2.62 bits per heavy atom. The lowest BCUT2D eigenvalue weighted by Crippen LogP contribution is -2.49. The molecule has 0 radical (unpaired) electrons. The number of aromatic nitrogens is 5. The van der Waals surface area contributed by atoms with E-state index in [4.69, 9.17) is 5.73 Å². The normalized spacial score (nSPS) is 15.4. The van der Waals surface area contributed by atoms with E-state index in [1.165, 1.54) is 12.1 Å². The highest BCUT2D eigenvalue weighted by atomic mass is 19.1. The number of hydrogen-bond donors (Lipinski definition) is 2. The van der Waals surface area contributed by atoms with Gasteiger partial charge in [0.05, 0.1) is 17.8 Å². The first kappa shape index (κ1) is 24.6. The highest BCUT2D eigenvalue weighted by Crippen LogP contribution is 2.33. The van der Waals surface area contributed by atoms with Gasteiger partial charge in [-0.15, -0.1) is 5.10 Å². The van der Waals surface area contributed by atoms with E-state index in [1.807, 2.05) is 36.4 Å². The van der Waals surface area contributed by atoms with E-state index in [-0.39, 0.29) is 11.6 Å². The van der Waals surface area contributed by atoms with Gasteiger partial charge in [0.1, 0.15) is 23.1 Å². The van der Waals surface area contributed by atoms with Crippen LogP contribution in [-0.2, 0) is 7.05 Å². The summed E-state index contributed by atoms with van der Waals surface area (Å²) in [7, 11) is 1.74. The molecule has 1 fully saturated rings. The highest BCUT2D eigenvalue weighted by Gasteiger charge is 2.31. The van der Waals surface area contributed by atoms with Crippen LogP contribution in [0.5, 0.6) is 0 Å². The van der Waals surface area contributed by atoms with E-state index in [2.05, 4.69) is 25.6 Å². The van der Waals surface area contributed by atoms with Crippen LogP contribution in [0.1, 0.15) is 23.2 Å². The molecule has 4 heterocycles. The third-order valence-corrected chi connectivity index (χ3v) is 7.04. The summed E-state index contributed by atoms with van der Waals surface area (Å²) in [5, 5.41) is 13.0. The Balaban J connectivity index is 1.42. The van der Waals surface area contributed by atoms with Gasteiger partial charge in [-0.1, -0.05) is 23.4 Å². The maximum absolute atomic E-state index is 15.5. The van der Waals surface area contributed by atoms with Crippen LogP contribution in [0, 0.1) is 5.82 Å². The molecule has 0 spiro atoms. The van der Waals surface area contributed by atoms with Gasteiger partial charge in [0.25, 0.3) is 5.91 Å². The number of halogens is 1. The van der Waals surface area contributed by atoms with Gasteiger partial charge in [-0.3, -0.25) is 14.4 Å². The number of fused-ring (bicyclic) bond motifs is 1. The molecule has 2 aromatic carbocycles. The first-order valence-corrected chi connectivity index (χ1v) is 12.8. The van der Waals surface area contributed by atoms with Crippen molar-refractivity contribution < 1.29 is 9.18 Å². The second-order valence-electron chi connectivity index (χ2n) is 9.69. The van der Waals surface area contributed by atoms with Gasteiger partial charge >= 0.3 is 0 Å². The molecule has 0 unspecified atom stereocenters. The van der Waals surface area contributed by atoms with Gasteiger partial charge < -0.3 is 11.1 Å². The minimum Gasteiger partial charge on any atom is -0.384 e. The summed E-state index contributed by atoms with van der Waals surface area (Å²) in [5.74, 6) is -0.103. The Labute approximate surface area is 224 Å². The first-order chi connectivity index (χ1) is 19.0. The number of aryl methyl sites for hydroxylation is 1. The van der Waals surface area contributed by atoms with Crippen molar-refractivity contribution in [3.05, 3.63) is 84.6 Å². The maximum atomic E-state index is 15.5. The monoisotopic (exact) mass is 522 g/mol. The zero-order valence-electron chi connectivity index (χ0n) is 21.4. The van der Waals surface area contributed by atoms with Crippen molar-refractivity contribution in [2.45, 2.75) is 18.9 Å². The van der Waals surface area contributed by atoms with Gasteiger partial charge in [-0.25, -0.2) is 14.4 Å². The molecule has 1 saturated heterocycles. The Hall–Kier alpha value is -4.70. The number of amides is 1. The number of carbonyl (C=O) groups excluding carboxylic acids is 1. The molecule has 196 valence electrons. The van der Waals surface area contributed by atoms with Crippen LogP contribution >= 0.6 is 0 Å². The number of carbonyl (C=O) groups is 1. The molecule has 0 aliphatic carbocycles. The Bertz CT molecular complexity index is 1680. The summed E-state index contributed by atoms with van der Waals surface area (Å²) in [6, 6.07) is 16.0. The summed E-state index contributed by atoms with van der Waals surface area (Å²) in [6.07, 6.45) is 6.75. The molecule has 5 aromatic rings. The summed E-state index contributed by atoms with van der Waals surface area (Å²) in [5.41, 5.74) is 8.87. The fourth-order valence-corrected chi connectivity index (χ4v) is 5.11. The van der Waals surface area contributed by atoms with Crippen LogP contribution in [0.3, 0.4) is 0 Å². The standard InChI is InChI=1S/C29H27FN8O/c1-37-17-26(35-36-37)21-5-7-24(25(30)14-21)29(39)38(22-3-2-10-32-16-22)28-23-6-4-18(13-20(23)9-12-34-28)19-8-11-33-27(31)15-19/h4-9,11-15,17,22,32H,2-3,10,16H2,1H3,(H2,31,33)/t22-/m1/s1. The molecular formula is C29H27FN8O. The van der Waals surface area contributed by atoms with Crippen molar-refractivity contribution in [1.82, 2.24) is 30.3 Å². The zero-order valence-corrected chi connectivity index (χ0v) is 21.4. The topological polar surface area (TPSA) is 115 Å². The van der Waals surface area contributed by atoms with Gasteiger partial charge in [0, 0.05) is 36.9 Å². The number of pyridine rings is 2. The third kappa shape index (κ3) is 4.82. The smallest absolute Gasteiger partial charge is 0.262 e. The number of rotatable bonds is 5. The number of nitrogens with zero attached hydrogens (tertiary/aromatic N) is 6. The predicted molar refractivity (Wildman–Crippen MR) is 148 cm³/mol. The number of piperidine rings is 1. The minimum absolute atomic E-state index is 0.0177. The molecule has 1 atom stereocenters. The van der Waals surface area contributed by atoms with Crippen LogP contribution in [0.15, 0.2) is 73.2 Å². The van der Waals surface area contributed by atoms with E-state index in [1.54, 1.807) is 41.3 Å². The fraction of sp³-hybridized carbons (Fsp3) is 0.207. The molecule has 9 nitrogen and oxygen atoms in total. The van der Waals surface area contributed by atoms with E-state index in [0.29, 0.717) is 29.4 Å². The molecule has 0 bridgehead atoms. The lowest BCUT2D eigenvalue weighted by Gasteiger charge is -2.34. The van der Waals surface area contributed by atoms with Gasteiger partial charge in [-0.2, -0.15) is 0 Å². The van der Waals surface area contributed by atoms with Crippen LogP contribution < -0.4 is 16.0 Å². The van der Waals surface area contributed by atoms with Crippen molar-refractivity contribution in [2.24, 2.45) is 7.05 Å². The SMILES string of the molecule is Cn1cc(-c2ccc(C(=O)N(c3nccc4cc(-c5ccnc(N)c5)ccc34)[C@@H]3CCCNC3)c(F)c2)nn1. The molecule has 10 heteroatoms. The highest BCUT2D eigenvalue weighted by molar-refractivity contribution is 6.10. The number of benzene rings is 2. The zero-order chi connectivity index (χ0) is 26.9. The van der Waals surface area contributed by atoms with E-state index in [9.17, 15) is 4.79 Å². The van der Waals surface area contributed by atoms with Crippen LogP contribution in [0.2, 0.25) is 0 Å². The molecule has 6 rings (SSSR count). The average Bonchev–Trinajstić information content (AvgIpc) is 3.39. The molecule has 1 aliphatic heterocycles. The molecule has 1 aliphatic rings. The van der Waals surface area contributed by atoms with Gasteiger partial charge in [-0.05, 0) is 72.3 Å². The largest absolute Gasteiger partial charge is 0.384 e. The van der Waals surface area contributed by atoms with Crippen molar-refractivity contribution in [1.29, 1.82) is 0 Å². The predicted octanol–water partition coefficient (Wildman–Crippen LogP) is 4.21. The van der Waals surface area contributed by atoms with Crippen molar-refractivity contribution in [3.8, 4) is 22.4 Å². The van der Waals surface area contributed by atoms with E-state index >= 15 is 4.39 Å². The van der Waals surface area contributed by atoms with Crippen molar-refractivity contribution in [2.75, 3.05) is 23.7 Å². The minimum atomic E-state index is -0.616. The fourth-order valence-electron chi connectivity index (χ4n) is 5.11. The quantitative estimate of drug-likeness (QED) is 0.355. The van der Waals surface area contributed by atoms with Crippen LogP contribution in [-0.4, -0.2) is 50.0 Å². The van der Waals surface area contributed by atoms with Crippen molar-refractivity contribution >= 4 is 28.3 Å². The van der Waals surface area contributed by atoms with Crippen LogP contribution in [0.25, 0.3) is 33.2 Å². The maximum Gasteiger partial charge on any atom is 0.262 e. The molecular weight excluding hydrogens is 495 g/mol. The summed E-state index contributed by atoms with van der Waals surface area (Å²) in [4.78, 5) is 24.4. The summed E-state index contributed by atoms with van der Waals surface area (Å²) < 4.78 is 17.0. The molecule has 3 N–H and O–H groups in total. The Morgan fingerprint density at radius 2 is 1.87 bits per heavy atom. The molecule has 0 saturated carbocycles. The van der Waals surface area contributed by atoms with Gasteiger partial charge in [0.2, 0.25) is 0 Å². The number of hydrogen-bond acceptors (Lipinski definition) is 7. The Morgan fingerprint density at radius 1 is 1.05 bits per heavy atom. The van der Waals surface area contributed by atoms with Gasteiger partial charge in [0.15, 0.2) is 0 Å². The molecule has 3 aromatic heterocycles. The number of nitrogen functional groups attached to an aromatic ring is 1. The number of nitrogens with two attached hydrogens (primary N) is 1. The van der Waals surface area contributed by atoms with Crippen molar-refractivity contribution in [3.63, 3.8) is 0 Å². The summed E-state index contributed by atoms with van der Waals surface area (Å²) in [6.45, 7) is 1.47. The molecule has 39 heavy (non-hydrogen) atoms. The first-order valence-electron chi connectivity index (χ1n) is 12.8. The Kier molecular flexibility index (Phi) is 6.45. The second-order valence-corrected chi connectivity index (χ2v) is 9.69. The molecule has 1 amide bonds. The number of anilines is 2. The summed E-state index contributed by atoms with van der Waals surface area (Å²) >= 11 is 0.